The van der Waals surface area contributed by atoms with Crippen LogP contribution >= 0.6 is 0 Å². The first-order valence-corrected chi connectivity index (χ1v) is 16.8. The topological polar surface area (TPSA) is 125 Å². The molecule has 2 aromatic heterocycles. The van der Waals surface area contributed by atoms with E-state index in [-0.39, 0.29) is 34.8 Å². The molecule has 3 N–H and O–H groups in total. The van der Waals surface area contributed by atoms with Crippen molar-refractivity contribution < 1.29 is 31.1 Å². The summed E-state index contributed by atoms with van der Waals surface area (Å²) >= 11 is 0. The van der Waals surface area contributed by atoms with Crippen molar-refractivity contribution in [1.82, 2.24) is 19.7 Å². The van der Waals surface area contributed by atoms with Gasteiger partial charge >= 0.3 is 0 Å². The molecule has 1 aliphatic heterocycles. The van der Waals surface area contributed by atoms with Crippen LogP contribution in [0, 0.1) is 17.5 Å². The minimum absolute atomic E-state index is 0.0760. The summed E-state index contributed by atoms with van der Waals surface area (Å²) in [6, 6.07) is 5.03. The summed E-state index contributed by atoms with van der Waals surface area (Å²) in [5.74, 6) is -2.72. The molecule has 0 spiro atoms. The Bertz CT molecular complexity index is 1870. The third kappa shape index (κ3) is 6.00. The number of anilines is 2. The number of aromatic nitrogens is 3. The predicted octanol–water partition coefficient (Wildman–Crippen LogP) is 5.85. The molecule has 0 amide bonds. The molecule has 10 nitrogen and oxygen atoms in total. The van der Waals surface area contributed by atoms with E-state index in [2.05, 4.69) is 9.88 Å². The van der Waals surface area contributed by atoms with Crippen molar-refractivity contribution in [3.8, 4) is 17.0 Å². The summed E-state index contributed by atoms with van der Waals surface area (Å²) in [5.41, 5.74) is 7.28. The number of hydrogen-bond acceptors (Lipinski definition) is 8. The average molecular weight is 659 g/mol. The molecule has 0 bridgehead atoms. The van der Waals surface area contributed by atoms with Gasteiger partial charge in [0.15, 0.2) is 0 Å². The van der Waals surface area contributed by atoms with E-state index in [1.165, 1.54) is 13.2 Å². The Labute approximate surface area is 265 Å². The zero-order valence-corrected chi connectivity index (χ0v) is 26.7. The minimum atomic E-state index is -4.64. The number of fused-ring (bicyclic) bond motifs is 1. The van der Waals surface area contributed by atoms with Gasteiger partial charge < -0.3 is 15.2 Å². The second-order valence-corrected chi connectivity index (χ2v) is 13.7. The van der Waals surface area contributed by atoms with Crippen LogP contribution in [0.25, 0.3) is 22.2 Å². The molecular weight excluding hydrogens is 621 g/mol. The Balaban J connectivity index is 1.35. The normalized spacial score (nSPS) is 19.5. The van der Waals surface area contributed by atoms with Crippen molar-refractivity contribution in [2.75, 3.05) is 43.9 Å². The molecule has 2 fully saturated rings. The van der Waals surface area contributed by atoms with Crippen LogP contribution in [0.3, 0.4) is 0 Å². The maximum Gasteiger partial charge on any atom is 0.265 e. The van der Waals surface area contributed by atoms with E-state index in [1.807, 2.05) is 18.6 Å². The first-order chi connectivity index (χ1) is 22.0. The summed E-state index contributed by atoms with van der Waals surface area (Å²) in [5, 5.41) is 5.12. The molecule has 0 radical (unpaired) electrons. The highest BCUT2D eigenvalue weighted by Crippen LogP contribution is 2.43. The predicted molar refractivity (Wildman–Crippen MR) is 169 cm³/mol. The van der Waals surface area contributed by atoms with Crippen LogP contribution in [0.4, 0.5) is 24.7 Å². The number of pyridine rings is 1. The highest BCUT2D eigenvalue weighted by atomic mass is 32.2. The molecule has 1 saturated heterocycles. The number of hydrogen-bond donors (Lipinski definition) is 2. The largest absolute Gasteiger partial charge is 0.497 e. The fourth-order valence-electron chi connectivity index (χ4n) is 6.60. The van der Waals surface area contributed by atoms with E-state index in [4.69, 9.17) is 20.3 Å². The standard InChI is InChI=1S/C32H37F3N6O4S/c1-18(2)41-31-23(19-4-6-20(7-5-19)40-10-12-45-13-11-40)17-37-32(36)29(31)30(38-41)22-15-26(35)27(16-25(22)34)39-46(42,43)28-14-21(44-3)8-9-24(28)33/h8-9,14-20,39H,4-7,10-13H2,1-3H3,(H2,36,37). The number of ether oxygens (including phenoxy) is 2. The van der Waals surface area contributed by atoms with Gasteiger partial charge in [-0.2, -0.15) is 5.10 Å². The number of nitrogen functional groups attached to an aromatic ring is 1. The fourth-order valence-corrected chi connectivity index (χ4v) is 7.75. The van der Waals surface area contributed by atoms with Gasteiger partial charge in [-0.05, 0) is 69.2 Å². The van der Waals surface area contributed by atoms with Crippen LogP contribution in [0.1, 0.15) is 57.1 Å². The molecule has 1 aliphatic carbocycles. The van der Waals surface area contributed by atoms with Gasteiger partial charge in [0.2, 0.25) is 0 Å². The number of nitrogens with zero attached hydrogens (tertiary/aromatic N) is 4. The third-order valence-electron chi connectivity index (χ3n) is 8.95. The van der Waals surface area contributed by atoms with Gasteiger partial charge in [0, 0.05) is 49.1 Å². The second-order valence-electron chi connectivity index (χ2n) is 12.1. The number of nitrogens with two attached hydrogens (primary N) is 1. The number of morpholine rings is 1. The lowest BCUT2D eigenvalue weighted by Gasteiger charge is -2.39. The molecule has 14 heteroatoms. The second kappa shape index (κ2) is 12.7. The Hall–Kier alpha value is -3.88. The summed E-state index contributed by atoms with van der Waals surface area (Å²) in [7, 11) is -3.35. The number of nitrogens with one attached hydrogen (secondary N) is 1. The molecule has 4 aromatic rings. The number of benzene rings is 2. The molecule has 2 aromatic carbocycles. The van der Waals surface area contributed by atoms with Crippen LogP contribution in [0.5, 0.6) is 5.75 Å². The fraction of sp³-hybridized carbons (Fsp3) is 0.438. The smallest absolute Gasteiger partial charge is 0.265 e. The van der Waals surface area contributed by atoms with Gasteiger partial charge in [0.25, 0.3) is 10.0 Å². The maximum atomic E-state index is 15.8. The van der Waals surface area contributed by atoms with Crippen molar-refractivity contribution in [3.63, 3.8) is 0 Å². The van der Waals surface area contributed by atoms with E-state index < -0.39 is 38.1 Å². The third-order valence-corrected chi connectivity index (χ3v) is 10.3. The molecule has 6 rings (SSSR count). The number of halogens is 3. The minimum Gasteiger partial charge on any atom is -0.497 e. The lowest BCUT2D eigenvalue weighted by atomic mass is 9.81. The Morgan fingerprint density at radius 3 is 2.41 bits per heavy atom. The van der Waals surface area contributed by atoms with Gasteiger partial charge in [-0.15, -0.1) is 0 Å². The highest BCUT2D eigenvalue weighted by Gasteiger charge is 2.32. The Kier molecular flexibility index (Phi) is 8.87. The van der Waals surface area contributed by atoms with Crippen LogP contribution < -0.4 is 15.2 Å². The maximum absolute atomic E-state index is 15.8. The van der Waals surface area contributed by atoms with Crippen LogP contribution in [-0.4, -0.2) is 67.5 Å². The quantitative estimate of drug-likeness (QED) is 0.242. The molecule has 3 heterocycles. The molecule has 246 valence electrons. The number of rotatable bonds is 8. The van der Waals surface area contributed by atoms with E-state index in [1.54, 1.807) is 10.9 Å². The van der Waals surface area contributed by atoms with Crippen molar-refractivity contribution >= 4 is 32.4 Å². The van der Waals surface area contributed by atoms with Gasteiger partial charge in [-0.1, -0.05) is 0 Å². The number of methoxy groups -OCH3 is 1. The summed E-state index contributed by atoms with van der Waals surface area (Å²) < 4.78 is 85.9. The van der Waals surface area contributed by atoms with Crippen LogP contribution in [-0.2, 0) is 14.8 Å². The molecule has 2 aliphatic rings. The van der Waals surface area contributed by atoms with Gasteiger partial charge in [0.05, 0.1) is 36.9 Å². The van der Waals surface area contributed by atoms with Gasteiger partial charge in [-0.25, -0.2) is 26.6 Å². The van der Waals surface area contributed by atoms with Crippen molar-refractivity contribution in [1.29, 1.82) is 0 Å². The van der Waals surface area contributed by atoms with Gasteiger partial charge in [-0.3, -0.25) is 14.3 Å². The van der Waals surface area contributed by atoms with E-state index in [0.29, 0.717) is 17.5 Å². The van der Waals surface area contributed by atoms with Crippen LogP contribution in [0.15, 0.2) is 41.4 Å². The van der Waals surface area contributed by atoms with Crippen molar-refractivity contribution in [3.05, 3.63) is 59.5 Å². The zero-order valence-electron chi connectivity index (χ0n) is 25.9. The van der Waals surface area contributed by atoms with Gasteiger partial charge in [0.1, 0.15) is 39.6 Å². The summed E-state index contributed by atoms with van der Waals surface area (Å²) in [6.07, 6.45) is 5.69. The average Bonchev–Trinajstić information content (AvgIpc) is 3.45. The first-order valence-electron chi connectivity index (χ1n) is 15.3. The molecule has 46 heavy (non-hydrogen) atoms. The van der Waals surface area contributed by atoms with Crippen molar-refractivity contribution in [2.24, 2.45) is 0 Å². The Morgan fingerprint density at radius 1 is 1.02 bits per heavy atom. The molecule has 1 saturated carbocycles. The summed E-state index contributed by atoms with van der Waals surface area (Å²) in [6.45, 7) is 7.27. The van der Waals surface area contributed by atoms with Crippen molar-refractivity contribution in [2.45, 2.75) is 62.4 Å². The van der Waals surface area contributed by atoms with Crippen LogP contribution in [0.2, 0.25) is 0 Å². The first kappa shape index (κ1) is 32.1. The molecule has 0 atom stereocenters. The molecular formula is C32H37F3N6O4S. The highest BCUT2D eigenvalue weighted by molar-refractivity contribution is 7.92. The number of sulfonamides is 1. The van der Waals surface area contributed by atoms with E-state index in [0.717, 1.165) is 81.3 Å². The monoisotopic (exact) mass is 658 g/mol. The molecule has 0 unspecified atom stereocenters. The lowest BCUT2D eigenvalue weighted by molar-refractivity contribution is 0.00731. The zero-order chi connectivity index (χ0) is 32.7. The Morgan fingerprint density at radius 2 is 1.74 bits per heavy atom. The summed E-state index contributed by atoms with van der Waals surface area (Å²) in [4.78, 5) is 6.19. The van der Waals surface area contributed by atoms with E-state index in [9.17, 15) is 12.8 Å². The van der Waals surface area contributed by atoms with E-state index >= 15 is 8.78 Å². The SMILES string of the molecule is COc1ccc(F)c(S(=O)(=O)Nc2cc(F)c(-c3nn(C(C)C)c4c(C5CCC(N6CCOCC6)CC5)cnc(N)c34)cc2F)c1. The lowest BCUT2D eigenvalue weighted by Crippen LogP contribution is -2.44.